The lowest BCUT2D eigenvalue weighted by atomic mass is 9.99. The van der Waals surface area contributed by atoms with Crippen molar-refractivity contribution in [3.63, 3.8) is 0 Å². The van der Waals surface area contributed by atoms with Crippen LogP contribution in [-0.2, 0) is 0 Å². The molecular formula is C21H16N2O2. The molecule has 0 saturated heterocycles. The van der Waals surface area contributed by atoms with Gasteiger partial charge < -0.3 is 9.73 Å². The van der Waals surface area contributed by atoms with Crippen molar-refractivity contribution in [2.24, 2.45) is 0 Å². The summed E-state index contributed by atoms with van der Waals surface area (Å²) in [5.41, 5.74) is 2.66. The predicted octanol–water partition coefficient (Wildman–Crippen LogP) is 4.35. The fourth-order valence-electron chi connectivity index (χ4n) is 2.86. The van der Waals surface area contributed by atoms with Crippen LogP contribution in [0.4, 0.5) is 0 Å². The summed E-state index contributed by atoms with van der Waals surface area (Å²) >= 11 is 0. The molecule has 0 radical (unpaired) electrons. The van der Waals surface area contributed by atoms with Gasteiger partial charge in [0.1, 0.15) is 5.58 Å². The fraction of sp³-hybridized carbons (Fsp3) is 0.0476. The van der Waals surface area contributed by atoms with E-state index in [0.29, 0.717) is 11.3 Å². The summed E-state index contributed by atoms with van der Waals surface area (Å²) in [5, 5.41) is 3.98. The topological polar surface area (TPSA) is 55.1 Å². The zero-order valence-electron chi connectivity index (χ0n) is 13.4. The molecule has 4 nitrogen and oxygen atoms in total. The van der Waals surface area contributed by atoms with Gasteiger partial charge >= 0.3 is 0 Å². The number of benzene rings is 2. The first kappa shape index (κ1) is 15.1. The van der Waals surface area contributed by atoms with Gasteiger partial charge in [0, 0.05) is 17.8 Å². The molecule has 4 aromatic rings. The molecule has 1 N–H and O–H groups in total. The smallest absolute Gasteiger partial charge is 0.287 e. The Balaban J connectivity index is 1.67. The maximum atomic E-state index is 12.8. The van der Waals surface area contributed by atoms with Crippen molar-refractivity contribution < 1.29 is 9.21 Å². The van der Waals surface area contributed by atoms with Gasteiger partial charge in [-0.05, 0) is 35.4 Å². The van der Waals surface area contributed by atoms with Crippen molar-refractivity contribution in [1.82, 2.24) is 10.3 Å². The molecule has 4 rings (SSSR count). The largest absolute Gasteiger partial charge is 0.451 e. The Labute approximate surface area is 145 Å². The minimum absolute atomic E-state index is 0.248. The number of rotatable bonds is 4. The van der Waals surface area contributed by atoms with E-state index in [0.717, 1.165) is 16.5 Å². The Kier molecular flexibility index (Phi) is 4.01. The summed E-state index contributed by atoms with van der Waals surface area (Å²) < 4.78 is 5.68. The second-order valence-electron chi connectivity index (χ2n) is 5.75. The van der Waals surface area contributed by atoms with E-state index in [1.807, 2.05) is 66.7 Å². The summed E-state index contributed by atoms with van der Waals surface area (Å²) in [6, 6.07) is 22.7. The molecule has 1 atom stereocenters. The van der Waals surface area contributed by atoms with E-state index in [1.54, 1.807) is 18.5 Å². The number of para-hydroxylation sites is 1. The lowest BCUT2D eigenvalue weighted by molar-refractivity contribution is 0.0917. The van der Waals surface area contributed by atoms with Crippen molar-refractivity contribution in [1.29, 1.82) is 0 Å². The van der Waals surface area contributed by atoms with Crippen LogP contribution in [-0.4, -0.2) is 10.9 Å². The Morgan fingerprint density at radius 2 is 1.56 bits per heavy atom. The first-order valence-corrected chi connectivity index (χ1v) is 8.05. The lowest BCUT2D eigenvalue weighted by Gasteiger charge is -2.19. The van der Waals surface area contributed by atoms with Crippen LogP contribution in [0, 0.1) is 0 Å². The molecule has 0 saturated carbocycles. The number of furan rings is 1. The van der Waals surface area contributed by atoms with Crippen molar-refractivity contribution >= 4 is 16.9 Å². The van der Waals surface area contributed by atoms with Crippen molar-refractivity contribution in [3.05, 3.63) is 102 Å². The van der Waals surface area contributed by atoms with Gasteiger partial charge in [-0.1, -0.05) is 48.5 Å². The molecule has 0 aliphatic heterocycles. The molecule has 2 heterocycles. The van der Waals surface area contributed by atoms with Crippen LogP contribution in [0.25, 0.3) is 11.0 Å². The molecule has 0 bridgehead atoms. The average molecular weight is 328 g/mol. The van der Waals surface area contributed by atoms with Crippen LogP contribution in [0.15, 0.2) is 89.6 Å². The molecule has 1 unspecified atom stereocenters. The van der Waals surface area contributed by atoms with Crippen LogP contribution >= 0.6 is 0 Å². The van der Waals surface area contributed by atoms with Crippen molar-refractivity contribution in [2.75, 3.05) is 0 Å². The summed E-state index contributed by atoms with van der Waals surface area (Å²) in [4.78, 5) is 16.8. The molecule has 0 spiro atoms. The van der Waals surface area contributed by atoms with Crippen LogP contribution in [0.1, 0.15) is 27.7 Å². The molecule has 4 heteroatoms. The van der Waals surface area contributed by atoms with Gasteiger partial charge in [0.25, 0.3) is 5.91 Å². The maximum Gasteiger partial charge on any atom is 0.287 e. The monoisotopic (exact) mass is 328 g/mol. The van der Waals surface area contributed by atoms with E-state index in [9.17, 15) is 4.79 Å². The van der Waals surface area contributed by atoms with Gasteiger partial charge in [0.15, 0.2) is 5.76 Å². The predicted molar refractivity (Wildman–Crippen MR) is 96.2 cm³/mol. The standard InChI is InChI=1S/C21H16N2O2/c24-21(19-14-17-8-4-5-9-18(17)25-19)23-20(15-6-2-1-3-7-15)16-10-12-22-13-11-16/h1-14,20H,(H,23,24). The van der Waals surface area contributed by atoms with Crippen molar-refractivity contribution in [3.8, 4) is 0 Å². The van der Waals surface area contributed by atoms with Gasteiger partial charge in [0.05, 0.1) is 6.04 Å². The van der Waals surface area contributed by atoms with Gasteiger partial charge in [-0.15, -0.1) is 0 Å². The number of fused-ring (bicyclic) bond motifs is 1. The quantitative estimate of drug-likeness (QED) is 0.606. The third-order valence-electron chi connectivity index (χ3n) is 4.10. The molecule has 2 aromatic heterocycles. The number of nitrogens with zero attached hydrogens (tertiary/aromatic N) is 1. The average Bonchev–Trinajstić information content (AvgIpc) is 3.12. The van der Waals surface area contributed by atoms with E-state index >= 15 is 0 Å². The summed E-state index contributed by atoms with van der Waals surface area (Å²) in [7, 11) is 0. The molecule has 122 valence electrons. The molecule has 0 fully saturated rings. The number of nitrogens with one attached hydrogen (secondary N) is 1. The number of pyridine rings is 1. The number of hydrogen-bond donors (Lipinski definition) is 1. The summed E-state index contributed by atoms with van der Waals surface area (Å²) in [6.07, 6.45) is 3.44. The summed E-state index contributed by atoms with van der Waals surface area (Å²) in [6.45, 7) is 0. The third kappa shape index (κ3) is 3.15. The lowest BCUT2D eigenvalue weighted by Crippen LogP contribution is -2.29. The molecule has 2 aromatic carbocycles. The Morgan fingerprint density at radius 3 is 2.32 bits per heavy atom. The highest BCUT2D eigenvalue weighted by Crippen LogP contribution is 2.24. The maximum absolute atomic E-state index is 12.8. The van der Waals surface area contributed by atoms with E-state index in [4.69, 9.17) is 4.42 Å². The summed E-state index contributed by atoms with van der Waals surface area (Å²) in [5.74, 6) is 0.0538. The SMILES string of the molecule is O=C(NC(c1ccccc1)c1ccncc1)c1cc2ccccc2o1. The van der Waals surface area contributed by atoms with E-state index in [1.165, 1.54) is 0 Å². The van der Waals surface area contributed by atoms with Crippen LogP contribution in [0.3, 0.4) is 0 Å². The Morgan fingerprint density at radius 1 is 0.880 bits per heavy atom. The number of carbonyl (C=O) groups excluding carboxylic acids is 1. The van der Waals surface area contributed by atoms with Crippen LogP contribution < -0.4 is 5.32 Å². The second-order valence-corrected chi connectivity index (χ2v) is 5.75. The Bertz CT molecular complexity index is 922. The number of aromatic nitrogens is 1. The van der Waals surface area contributed by atoms with E-state index < -0.39 is 0 Å². The molecule has 0 aliphatic rings. The normalized spacial score (nSPS) is 12.0. The number of hydrogen-bond acceptors (Lipinski definition) is 3. The van der Waals surface area contributed by atoms with Crippen LogP contribution in [0.5, 0.6) is 0 Å². The van der Waals surface area contributed by atoms with Crippen molar-refractivity contribution in [2.45, 2.75) is 6.04 Å². The molecular weight excluding hydrogens is 312 g/mol. The highest BCUT2D eigenvalue weighted by molar-refractivity contribution is 5.96. The van der Waals surface area contributed by atoms with Gasteiger partial charge in [-0.3, -0.25) is 9.78 Å². The van der Waals surface area contributed by atoms with Gasteiger partial charge in [-0.2, -0.15) is 0 Å². The first-order valence-electron chi connectivity index (χ1n) is 8.05. The zero-order chi connectivity index (χ0) is 17.1. The first-order chi connectivity index (χ1) is 12.3. The minimum Gasteiger partial charge on any atom is -0.451 e. The third-order valence-corrected chi connectivity index (χ3v) is 4.10. The highest BCUT2D eigenvalue weighted by Gasteiger charge is 2.20. The number of amides is 1. The molecule has 0 aliphatic carbocycles. The van der Waals surface area contributed by atoms with Gasteiger partial charge in [0.2, 0.25) is 0 Å². The zero-order valence-corrected chi connectivity index (χ0v) is 13.4. The molecule has 25 heavy (non-hydrogen) atoms. The molecule has 1 amide bonds. The van der Waals surface area contributed by atoms with Gasteiger partial charge in [-0.25, -0.2) is 0 Å². The van der Waals surface area contributed by atoms with Crippen LogP contribution in [0.2, 0.25) is 0 Å². The van der Waals surface area contributed by atoms with E-state index in [-0.39, 0.29) is 11.9 Å². The van der Waals surface area contributed by atoms with E-state index in [2.05, 4.69) is 10.3 Å². The minimum atomic E-state index is -0.273. The Hall–Kier alpha value is -3.40. The second kappa shape index (κ2) is 6.61. The fourth-order valence-corrected chi connectivity index (χ4v) is 2.86. The highest BCUT2D eigenvalue weighted by atomic mass is 16.3. The number of carbonyl (C=O) groups is 1.